The molecule has 3 unspecified atom stereocenters. The molecule has 1 N–H and O–H groups in total. The quantitative estimate of drug-likeness (QED) is 0.826. The fraction of sp³-hybridized carbons (Fsp3) is 0.615. The van der Waals surface area contributed by atoms with Gasteiger partial charge in [0.2, 0.25) is 0 Å². The zero-order chi connectivity index (χ0) is 10.8. The van der Waals surface area contributed by atoms with Crippen molar-refractivity contribution in [1.82, 2.24) is 15.2 Å². The fourth-order valence-electron chi connectivity index (χ4n) is 2.97. The molecule has 2 fully saturated rings. The van der Waals surface area contributed by atoms with Crippen LogP contribution in [0.15, 0.2) is 24.5 Å². The molecule has 2 bridgehead atoms. The molecule has 2 saturated heterocycles. The van der Waals surface area contributed by atoms with Crippen molar-refractivity contribution in [3.63, 3.8) is 0 Å². The molecule has 2 aliphatic heterocycles. The maximum absolute atomic E-state index is 4.15. The summed E-state index contributed by atoms with van der Waals surface area (Å²) in [6, 6.07) is 4.87. The summed E-state index contributed by atoms with van der Waals surface area (Å²) < 4.78 is 0. The third kappa shape index (κ3) is 2.11. The minimum Gasteiger partial charge on any atom is -0.309 e. The van der Waals surface area contributed by atoms with Gasteiger partial charge in [0.15, 0.2) is 0 Å². The predicted molar refractivity (Wildman–Crippen MR) is 64.0 cm³/mol. The van der Waals surface area contributed by atoms with Gasteiger partial charge < -0.3 is 10.2 Å². The minimum atomic E-state index is 0.721. The second kappa shape index (κ2) is 4.52. The largest absolute Gasteiger partial charge is 0.309 e. The fourth-order valence-corrected chi connectivity index (χ4v) is 2.97. The Bertz CT molecular complexity index is 338. The summed E-state index contributed by atoms with van der Waals surface area (Å²) in [5.74, 6) is 0.880. The molecule has 0 saturated carbocycles. The first kappa shape index (κ1) is 10.2. The first-order valence-corrected chi connectivity index (χ1v) is 6.26. The van der Waals surface area contributed by atoms with E-state index in [1.807, 2.05) is 18.5 Å². The van der Waals surface area contributed by atoms with Gasteiger partial charge in [0.25, 0.3) is 0 Å². The first-order chi connectivity index (χ1) is 7.92. The van der Waals surface area contributed by atoms with Crippen molar-refractivity contribution in [1.29, 1.82) is 0 Å². The zero-order valence-electron chi connectivity index (χ0n) is 9.60. The Balaban J connectivity index is 1.55. The Hall–Kier alpha value is -0.930. The van der Waals surface area contributed by atoms with E-state index in [9.17, 15) is 0 Å². The van der Waals surface area contributed by atoms with E-state index in [2.05, 4.69) is 21.3 Å². The molecule has 3 heterocycles. The number of pyridine rings is 1. The number of hydrogen-bond donors (Lipinski definition) is 1. The Labute approximate surface area is 96.9 Å². The van der Waals surface area contributed by atoms with E-state index >= 15 is 0 Å². The van der Waals surface area contributed by atoms with Gasteiger partial charge in [-0.3, -0.25) is 4.98 Å². The van der Waals surface area contributed by atoms with Crippen LogP contribution in [-0.2, 0) is 6.54 Å². The molecule has 0 spiro atoms. The highest BCUT2D eigenvalue weighted by molar-refractivity contribution is 5.08. The standard InChI is InChI=1S/C13H19N3/c1-2-11(8-14-5-1)9-15-13-4-7-16-6-3-12(13)10-16/h1-2,5,8,12-13,15H,3-4,6-7,9-10H2. The predicted octanol–water partition coefficient (Wildman–Crippen LogP) is 1.27. The van der Waals surface area contributed by atoms with Crippen LogP contribution in [0.2, 0.25) is 0 Å². The molecular weight excluding hydrogens is 198 g/mol. The van der Waals surface area contributed by atoms with Crippen molar-refractivity contribution in [3.8, 4) is 0 Å². The second-order valence-corrected chi connectivity index (χ2v) is 4.99. The van der Waals surface area contributed by atoms with Crippen LogP contribution < -0.4 is 5.32 Å². The molecule has 3 atom stereocenters. The number of fused-ring (bicyclic) bond motifs is 2. The SMILES string of the molecule is c1cncc(CNC2CCN3CCC2C3)c1. The van der Waals surface area contributed by atoms with Gasteiger partial charge in [-0.2, -0.15) is 0 Å². The number of nitrogens with zero attached hydrogens (tertiary/aromatic N) is 2. The Kier molecular flexibility index (Phi) is 2.89. The number of nitrogens with one attached hydrogen (secondary N) is 1. The van der Waals surface area contributed by atoms with E-state index in [0.717, 1.165) is 18.5 Å². The van der Waals surface area contributed by atoms with E-state index in [1.165, 1.54) is 38.0 Å². The lowest BCUT2D eigenvalue weighted by Gasteiger charge is -2.31. The Morgan fingerprint density at radius 2 is 2.31 bits per heavy atom. The maximum atomic E-state index is 4.15. The lowest BCUT2D eigenvalue weighted by atomic mass is 9.94. The molecule has 0 aliphatic carbocycles. The Morgan fingerprint density at radius 3 is 3.19 bits per heavy atom. The number of hydrogen-bond acceptors (Lipinski definition) is 3. The topological polar surface area (TPSA) is 28.2 Å². The molecule has 1 aromatic heterocycles. The van der Waals surface area contributed by atoms with Gasteiger partial charge in [-0.1, -0.05) is 6.07 Å². The number of aromatic nitrogens is 1. The van der Waals surface area contributed by atoms with Crippen molar-refractivity contribution in [3.05, 3.63) is 30.1 Å². The summed E-state index contributed by atoms with van der Waals surface area (Å²) in [7, 11) is 0. The van der Waals surface area contributed by atoms with Crippen LogP contribution in [0.5, 0.6) is 0 Å². The van der Waals surface area contributed by atoms with Gasteiger partial charge in [-0.15, -0.1) is 0 Å². The monoisotopic (exact) mass is 217 g/mol. The lowest BCUT2D eigenvalue weighted by Crippen LogP contribution is -2.43. The molecule has 3 rings (SSSR count). The summed E-state index contributed by atoms with van der Waals surface area (Å²) in [5.41, 5.74) is 1.29. The molecule has 16 heavy (non-hydrogen) atoms. The molecule has 0 aromatic carbocycles. The summed E-state index contributed by atoms with van der Waals surface area (Å²) >= 11 is 0. The highest BCUT2D eigenvalue weighted by Gasteiger charge is 2.33. The van der Waals surface area contributed by atoms with Crippen LogP contribution in [0.4, 0.5) is 0 Å². The highest BCUT2D eigenvalue weighted by Crippen LogP contribution is 2.27. The van der Waals surface area contributed by atoms with Crippen LogP contribution in [0.25, 0.3) is 0 Å². The van der Waals surface area contributed by atoms with Crippen LogP contribution in [-0.4, -0.2) is 35.6 Å². The van der Waals surface area contributed by atoms with E-state index in [0.29, 0.717) is 0 Å². The summed E-state index contributed by atoms with van der Waals surface area (Å²) in [5, 5.41) is 3.70. The molecule has 0 amide bonds. The van der Waals surface area contributed by atoms with Crippen LogP contribution in [0.3, 0.4) is 0 Å². The van der Waals surface area contributed by atoms with Gasteiger partial charge in [-0.25, -0.2) is 0 Å². The minimum absolute atomic E-state index is 0.721. The zero-order valence-corrected chi connectivity index (χ0v) is 9.60. The average molecular weight is 217 g/mol. The van der Waals surface area contributed by atoms with Crippen LogP contribution in [0.1, 0.15) is 18.4 Å². The average Bonchev–Trinajstić information content (AvgIpc) is 2.72. The number of piperidine rings is 1. The summed E-state index contributed by atoms with van der Waals surface area (Å²) in [6.45, 7) is 4.87. The third-order valence-corrected chi connectivity index (χ3v) is 3.93. The maximum Gasteiger partial charge on any atom is 0.0312 e. The third-order valence-electron chi connectivity index (χ3n) is 3.93. The van der Waals surface area contributed by atoms with Crippen molar-refractivity contribution >= 4 is 0 Å². The van der Waals surface area contributed by atoms with Crippen molar-refractivity contribution < 1.29 is 0 Å². The Morgan fingerprint density at radius 1 is 1.38 bits per heavy atom. The number of rotatable bonds is 3. The van der Waals surface area contributed by atoms with E-state index in [1.54, 1.807) is 0 Å². The molecule has 3 nitrogen and oxygen atoms in total. The van der Waals surface area contributed by atoms with Crippen molar-refractivity contribution in [2.24, 2.45) is 5.92 Å². The van der Waals surface area contributed by atoms with E-state index < -0.39 is 0 Å². The normalized spacial score (nSPS) is 32.9. The second-order valence-electron chi connectivity index (χ2n) is 4.99. The first-order valence-electron chi connectivity index (χ1n) is 6.26. The highest BCUT2D eigenvalue weighted by atomic mass is 15.2. The van der Waals surface area contributed by atoms with Crippen LogP contribution in [0, 0.1) is 5.92 Å². The van der Waals surface area contributed by atoms with E-state index in [4.69, 9.17) is 0 Å². The molecule has 2 aliphatic rings. The van der Waals surface area contributed by atoms with Crippen molar-refractivity contribution in [2.45, 2.75) is 25.4 Å². The van der Waals surface area contributed by atoms with Crippen molar-refractivity contribution in [2.75, 3.05) is 19.6 Å². The van der Waals surface area contributed by atoms with Gasteiger partial charge in [0.05, 0.1) is 0 Å². The van der Waals surface area contributed by atoms with E-state index in [-0.39, 0.29) is 0 Å². The lowest BCUT2D eigenvalue weighted by molar-refractivity contribution is 0.220. The van der Waals surface area contributed by atoms with Gasteiger partial charge >= 0.3 is 0 Å². The molecular formula is C13H19N3. The molecule has 1 aromatic rings. The summed E-state index contributed by atoms with van der Waals surface area (Å²) in [6.07, 6.45) is 6.48. The van der Waals surface area contributed by atoms with Gasteiger partial charge in [0, 0.05) is 31.5 Å². The molecule has 86 valence electrons. The molecule has 0 radical (unpaired) electrons. The van der Waals surface area contributed by atoms with Crippen LogP contribution >= 0.6 is 0 Å². The smallest absolute Gasteiger partial charge is 0.0312 e. The molecule has 3 heteroatoms. The van der Waals surface area contributed by atoms with Gasteiger partial charge in [-0.05, 0) is 43.5 Å². The summed E-state index contributed by atoms with van der Waals surface area (Å²) in [4.78, 5) is 6.74. The van der Waals surface area contributed by atoms with Gasteiger partial charge in [0.1, 0.15) is 0 Å².